The van der Waals surface area contributed by atoms with Crippen LogP contribution in [-0.2, 0) is 11.3 Å². The average molecular weight is 279 g/mol. The fourth-order valence-corrected chi connectivity index (χ4v) is 1.86. The van der Waals surface area contributed by atoms with Gasteiger partial charge < -0.3 is 19.6 Å². The minimum Gasteiger partial charge on any atom is -0.460 e. The second-order valence-corrected chi connectivity index (χ2v) is 4.49. The van der Waals surface area contributed by atoms with Crippen molar-refractivity contribution in [1.29, 1.82) is 0 Å². The molecule has 0 saturated carbocycles. The molecule has 1 heterocycles. The lowest BCUT2D eigenvalue weighted by molar-refractivity contribution is 0.127. The highest BCUT2D eigenvalue weighted by atomic mass is 19.1. The number of furan rings is 1. The molecule has 0 saturated heterocycles. The van der Waals surface area contributed by atoms with E-state index in [2.05, 4.69) is 5.32 Å². The summed E-state index contributed by atoms with van der Waals surface area (Å²) in [5.74, 6) is 1.17. The molecule has 0 spiro atoms. The first-order chi connectivity index (χ1) is 9.72. The summed E-state index contributed by atoms with van der Waals surface area (Å²) in [6.45, 7) is 0.928. The minimum atomic E-state index is -0.271. The van der Waals surface area contributed by atoms with Crippen molar-refractivity contribution < 1.29 is 18.7 Å². The predicted molar refractivity (Wildman–Crippen MR) is 73.7 cm³/mol. The summed E-state index contributed by atoms with van der Waals surface area (Å²) in [6, 6.07) is 9.72. The van der Waals surface area contributed by atoms with Crippen LogP contribution in [0.4, 0.5) is 4.39 Å². The number of halogens is 1. The van der Waals surface area contributed by atoms with Gasteiger partial charge in [-0.25, -0.2) is 4.39 Å². The van der Waals surface area contributed by atoms with Crippen LogP contribution in [0.25, 0.3) is 11.3 Å². The van der Waals surface area contributed by atoms with E-state index >= 15 is 0 Å². The summed E-state index contributed by atoms with van der Waals surface area (Å²) >= 11 is 0. The van der Waals surface area contributed by atoms with Gasteiger partial charge in [-0.15, -0.1) is 0 Å². The van der Waals surface area contributed by atoms with Crippen LogP contribution in [0.15, 0.2) is 40.8 Å². The number of rotatable bonds is 7. The Morgan fingerprint density at radius 1 is 1.25 bits per heavy atom. The molecule has 2 rings (SSSR count). The maximum Gasteiger partial charge on any atom is 0.134 e. The monoisotopic (exact) mass is 279 g/mol. The van der Waals surface area contributed by atoms with Crippen molar-refractivity contribution in [2.24, 2.45) is 0 Å². The molecule has 0 bridgehead atoms. The highest BCUT2D eigenvalue weighted by molar-refractivity contribution is 5.57. The van der Waals surface area contributed by atoms with Gasteiger partial charge in [0.25, 0.3) is 0 Å². The van der Waals surface area contributed by atoms with Crippen molar-refractivity contribution in [1.82, 2.24) is 5.32 Å². The van der Waals surface area contributed by atoms with E-state index in [-0.39, 0.29) is 18.5 Å². The molecule has 1 aromatic heterocycles. The SMILES string of the molecule is COCC(CO)NCc1ccc(-c2ccc(F)cc2)o1. The van der Waals surface area contributed by atoms with Gasteiger partial charge in [0, 0.05) is 12.7 Å². The zero-order valence-corrected chi connectivity index (χ0v) is 11.3. The molecule has 108 valence electrons. The smallest absolute Gasteiger partial charge is 0.134 e. The van der Waals surface area contributed by atoms with Gasteiger partial charge >= 0.3 is 0 Å². The van der Waals surface area contributed by atoms with Gasteiger partial charge in [0.2, 0.25) is 0 Å². The maximum atomic E-state index is 12.9. The Hall–Kier alpha value is -1.69. The number of ether oxygens (including phenoxy) is 1. The molecule has 2 aromatic rings. The number of hydrogen-bond acceptors (Lipinski definition) is 4. The number of methoxy groups -OCH3 is 1. The van der Waals surface area contributed by atoms with Crippen LogP contribution in [0.2, 0.25) is 0 Å². The van der Waals surface area contributed by atoms with Crippen LogP contribution in [0, 0.1) is 5.82 Å². The van der Waals surface area contributed by atoms with Crippen molar-refractivity contribution in [3.63, 3.8) is 0 Å². The fourth-order valence-electron chi connectivity index (χ4n) is 1.86. The van der Waals surface area contributed by atoms with Crippen molar-refractivity contribution in [2.45, 2.75) is 12.6 Å². The minimum absolute atomic E-state index is 0.000627. The highest BCUT2D eigenvalue weighted by Gasteiger charge is 2.09. The largest absolute Gasteiger partial charge is 0.460 e. The molecule has 0 aliphatic rings. The molecule has 1 unspecified atom stereocenters. The van der Waals surface area contributed by atoms with Gasteiger partial charge in [0.1, 0.15) is 17.3 Å². The molecule has 1 aromatic carbocycles. The highest BCUT2D eigenvalue weighted by Crippen LogP contribution is 2.22. The standard InChI is InChI=1S/C15H18FNO3/c1-19-10-13(9-18)17-8-14-6-7-15(20-14)11-2-4-12(16)5-3-11/h2-7,13,17-18H,8-10H2,1H3. The molecule has 2 N–H and O–H groups in total. The first kappa shape index (κ1) is 14.7. The van der Waals surface area contributed by atoms with E-state index in [1.165, 1.54) is 12.1 Å². The zero-order valence-electron chi connectivity index (χ0n) is 11.3. The summed E-state index contributed by atoms with van der Waals surface area (Å²) in [4.78, 5) is 0. The van der Waals surface area contributed by atoms with Gasteiger partial charge in [-0.1, -0.05) is 0 Å². The Morgan fingerprint density at radius 3 is 2.65 bits per heavy atom. The molecule has 0 amide bonds. The van der Waals surface area contributed by atoms with Crippen molar-refractivity contribution in [3.8, 4) is 11.3 Å². The van der Waals surface area contributed by atoms with E-state index in [0.29, 0.717) is 18.9 Å². The van der Waals surface area contributed by atoms with E-state index in [1.807, 2.05) is 12.1 Å². The number of hydrogen-bond donors (Lipinski definition) is 2. The number of nitrogens with one attached hydrogen (secondary N) is 1. The Kier molecular flexibility index (Phi) is 5.29. The second kappa shape index (κ2) is 7.19. The van der Waals surface area contributed by atoms with E-state index in [1.54, 1.807) is 19.2 Å². The van der Waals surface area contributed by atoms with E-state index in [9.17, 15) is 4.39 Å². The zero-order chi connectivity index (χ0) is 14.4. The Balaban J connectivity index is 1.96. The lowest BCUT2D eigenvalue weighted by atomic mass is 10.2. The molecule has 20 heavy (non-hydrogen) atoms. The van der Waals surface area contributed by atoms with Crippen molar-refractivity contribution in [2.75, 3.05) is 20.3 Å². The predicted octanol–water partition coefficient (Wildman–Crippen LogP) is 2.18. The maximum absolute atomic E-state index is 12.9. The third kappa shape index (κ3) is 3.90. The van der Waals surface area contributed by atoms with Crippen LogP contribution in [0.1, 0.15) is 5.76 Å². The number of aliphatic hydroxyl groups is 1. The molecule has 0 aliphatic heterocycles. The lowest BCUT2D eigenvalue weighted by Gasteiger charge is -2.13. The third-order valence-corrected chi connectivity index (χ3v) is 2.94. The number of benzene rings is 1. The van der Waals surface area contributed by atoms with E-state index < -0.39 is 0 Å². The van der Waals surface area contributed by atoms with Crippen LogP contribution in [-0.4, -0.2) is 31.5 Å². The molecule has 0 radical (unpaired) electrons. The molecule has 0 fully saturated rings. The van der Waals surface area contributed by atoms with Gasteiger partial charge in [0.05, 0.1) is 25.8 Å². The Labute approximate surface area is 117 Å². The third-order valence-electron chi connectivity index (χ3n) is 2.94. The summed E-state index contributed by atoms with van der Waals surface area (Å²) < 4.78 is 23.5. The molecular formula is C15H18FNO3. The quantitative estimate of drug-likeness (QED) is 0.815. The first-order valence-electron chi connectivity index (χ1n) is 6.40. The first-order valence-corrected chi connectivity index (χ1v) is 6.40. The summed E-state index contributed by atoms with van der Waals surface area (Å²) in [6.07, 6.45) is 0. The molecule has 0 aliphatic carbocycles. The normalized spacial score (nSPS) is 12.6. The van der Waals surface area contributed by atoms with Gasteiger partial charge in [-0.3, -0.25) is 0 Å². The Morgan fingerprint density at radius 2 is 2.00 bits per heavy atom. The summed E-state index contributed by atoms with van der Waals surface area (Å²) in [7, 11) is 1.59. The van der Waals surface area contributed by atoms with E-state index in [0.717, 1.165) is 11.3 Å². The van der Waals surface area contributed by atoms with Crippen molar-refractivity contribution >= 4 is 0 Å². The second-order valence-electron chi connectivity index (χ2n) is 4.49. The average Bonchev–Trinajstić information content (AvgIpc) is 2.93. The van der Waals surface area contributed by atoms with Gasteiger partial charge in [0.15, 0.2) is 0 Å². The molecule has 4 nitrogen and oxygen atoms in total. The van der Waals surface area contributed by atoms with Crippen molar-refractivity contribution in [3.05, 3.63) is 48.0 Å². The summed E-state index contributed by atoms with van der Waals surface area (Å²) in [5.41, 5.74) is 0.827. The van der Waals surface area contributed by atoms with Crippen LogP contribution >= 0.6 is 0 Å². The number of aliphatic hydroxyl groups excluding tert-OH is 1. The van der Waals surface area contributed by atoms with Crippen LogP contribution < -0.4 is 5.32 Å². The topological polar surface area (TPSA) is 54.6 Å². The van der Waals surface area contributed by atoms with Gasteiger partial charge in [-0.2, -0.15) is 0 Å². The Bertz CT molecular complexity index is 524. The fraction of sp³-hybridized carbons (Fsp3) is 0.333. The molecule has 1 atom stereocenters. The lowest BCUT2D eigenvalue weighted by Crippen LogP contribution is -2.35. The van der Waals surface area contributed by atoms with Crippen LogP contribution in [0.3, 0.4) is 0 Å². The molecular weight excluding hydrogens is 261 g/mol. The van der Waals surface area contributed by atoms with Crippen LogP contribution in [0.5, 0.6) is 0 Å². The van der Waals surface area contributed by atoms with E-state index in [4.69, 9.17) is 14.3 Å². The van der Waals surface area contributed by atoms with Gasteiger partial charge in [-0.05, 0) is 36.4 Å². The molecule has 5 heteroatoms. The summed E-state index contributed by atoms with van der Waals surface area (Å²) in [5, 5.41) is 12.3.